The molecule has 4 atom stereocenters. The zero-order valence-corrected chi connectivity index (χ0v) is 35.9. The first-order chi connectivity index (χ1) is 31.2. The highest BCUT2D eigenvalue weighted by Crippen LogP contribution is 2.24. The molecule has 66 heavy (non-hydrogen) atoms. The van der Waals surface area contributed by atoms with Gasteiger partial charge in [-0.15, -0.1) is 0 Å². The quantitative estimate of drug-likeness (QED) is 0.0285. The molecule has 25 heteroatoms. The number of carbonyl (C=O) groups excluding carboxylic acids is 6. The third kappa shape index (κ3) is 15.8. The van der Waals surface area contributed by atoms with Crippen molar-refractivity contribution in [2.24, 2.45) is 5.73 Å². The summed E-state index contributed by atoms with van der Waals surface area (Å²) in [6.45, 7) is -3.13. The Balaban J connectivity index is 1.45. The average Bonchev–Trinajstić information content (AvgIpc) is 3.73. The topological polar surface area (TPSA) is 386 Å². The van der Waals surface area contributed by atoms with E-state index in [1.807, 2.05) is 12.1 Å². The average molecular weight is 924 g/mol. The molecule has 2 unspecified atom stereocenters. The van der Waals surface area contributed by atoms with Gasteiger partial charge in [0.05, 0.1) is 50.3 Å². The SMILES string of the molecule is C[C@H](NC(=O)C(CCN(CC(=O)O)CC(=O)O)NC(=O)CNC(=O)[C@@H]1CCCN1C(=O)C(CCN(CC(=O)O)CC(=O)O)NC(=O)CNc1ccc2cc3ccc(N)cc3nc2c1)C(N)=O. The first kappa shape index (κ1) is 51.0. The predicted octanol–water partition coefficient (Wildman–Crippen LogP) is -2.83. The number of benzene rings is 2. The number of likely N-dealkylation sites (tertiary alicyclic amines) is 1. The minimum atomic E-state index is -1.45. The van der Waals surface area contributed by atoms with E-state index in [1.54, 1.807) is 30.3 Å². The second-order valence-corrected chi connectivity index (χ2v) is 15.6. The van der Waals surface area contributed by atoms with Gasteiger partial charge in [0.25, 0.3) is 0 Å². The van der Waals surface area contributed by atoms with Crippen molar-refractivity contribution in [3.63, 3.8) is 0 Å². The van der Waals surface area contributed by atoms with Crippen LogP contribution in [-0.2, 0) is 47.9 Å². The van der Waals surface area contributed by atoms with E-state index in [2.05, 4.69) is 31.6 Å². The number of hydrogen-bond acceptors (Lipinski definition) is 15. The van der Waals surface area contributed by atoms with Crippen LogP contribution >= 0.6 is 0 Å². The van der Waals surface area contributed by atoms with E-state index in [0.717, 1.165) is 20.6 Å². The molecule has 13 N–H and O–H groups in total. The summed E-state index contributed by atoms with van der Waals surface area (Å²) >= 11 is 0. The van der Waals surface area contributed by atoms with Crippen molar-refractivity contribution in [3.05, 3.63) is 42.5 Å². The van der Waals surface area contributed by atoms with Crippen molar-refractivity contribution >= 4 is 92.5 Å². The second-order valence-electron chi connectivity index (χ2n) is 15.6. The largest absolute Gasteiger partial charge is 0.480 e. The maximum absolute atomic E-state index is 14.2. The van der Waals surface area contributed by atoms with E-state index in [4.69, 9.17) is 11.5 Å². The Kier molecular flexibility index (Phi) is 18.4. The number of pyridine rings is 1. The zero-order valence-electron chi connectivity index (χ0n) is 35.9. The molecule has 0 bridgehead atoms. The van der Waals surface area contributed by atoms with Gasteiger partial charge in [0.1, 0.15) is 24.2 Å². The Hall–Kier alpha value is -7.67. The molecular formula is C41H53N11O14. The zero-order chi connectivity index (χ0) is 48.7. The number of fused-ring (bicyclic) bond motifs is 2. The summed E-state index contributed by atoms with van der Waals surface area (Å²) in [5, 5.41) is 51.5. The fourth-order valence-corrected chi connectivity index (χ4v) is 7.14. The van der Waals surface area contributed by atoms with Gasteiger partial charge in [-0.1, -0.05) is 12.1 Å². The van der Waals surface area contributed by atoms with E-state index in [0.29, 0.717) is 28.8 Å². The van der Waals surface area contributed by atoms with Gasteiger partial charge in [-0.3, -0.25) is 57.7 Å². The maximum Gasteiger partial charge on any atom is 0.317 e. The predicted molar refractivity (Wildman–Crippen MR) is 233 cm³/mol. The molecule has 0 spiro atoms. The van der Waals surface area contributed by atoms with Gasteiger partial charge in [-0.05, 0) is 62.9 Å². The minimum absolute atomic E-state index is 0.0373. The number of anilines is 2. The summed E-state index contributed by atoms with van der Waals surface area (Å²) < 4.78 is 0. The number of amides is 6. The lowest BCUT2D eigenvalue weighted by Gasteiger charge is -2.30. The van der Waals surface area contributed by atoms with E-state index >= 15 is 0 Å². The molecular weight excluding hydrogens is 871 g/mol. The summed E-state index contributed by atoms with van der Waals surface area (Å²) in [7, 11) is 0. The molecule has 3 aromatic rings. The molecule has 25 nitrogen and oxygen atoms in total. The van der Waals surface area contributed by atoms with Crippen LogP contribution in [0.5, 0.6) is 0 Å². The Labute approximate surface area is 376 Å². The Bertz CT molecular complexity index is 2310. The van der Waals surface area contributed by atoms with Crippen molar-refractivity contribution in [2.45, 2.75) is 56.8 Å². The Morgan fingerprint density at radius 1 is 0.727 bits per heavy atom. The van der Waals surface area contributed by atoms with Crippen LogP contribution in [0.1, 0.15) is 32.6 Å². The van der Waals surface area contributed by atoms with Gasteiger partial charge in [-0.2, -0.15) is 0 Å². The molecule has 2 aromatic carbocycles. The fourth-order valence-electron chi connectivity index (χ4n) is 7.14. The monoisotopic (exact) mass is 923 g/mol. The van der Waals surface area contributed by atoms with Crippen LogP contribution in [-0.4, -0.2) is 183 Å². The molecule has 6 amide bonds. The Morgan fingerprint density at radius 3 is 1.83 bits per heavy atom. The maximum atomic E-state index is 14.2. The first-order valence-corrected chi connectivity index (χ1v) is 20.6. The van der Waals surface area contributed by atoms with E-state index in [9.17, 15) is 68.4 Å². The summed E-state index contributed by atoms with van der Waals surface area (Å²) in [4.78, 5) is 132. The van der Waals surface area contributed by atoms with Gasteiger partial charge in [-0.25, -0.2) is 4.98 Å². The van der Waals surface area contributed by atoms with Crippen molar-refractivity contribution in [1.82, 2.24) is 41.0 Å². The van der Waals surface area contributed by atoms with Crippen LogP contribution in [0.3, 0.4) is 0 Å². The van der Waals surface area contributed by atoms with Crippen LogP contribution in [0, 0.1) is 0 Å². The normalized spacial score (nSPS) is 14.8. The number of aromatic nitrogens is 1. The highest BCUT2D eigenvalue weighted by atomic mass is 16.4. The summed E-state index contributed by atoms with van der Waals surface area (Å²) in [6, 6.07) is 7.34. The van der Waals surface area contributed by atoms with E-state index < -0.39 is 116 Å². The number of hydrogen-bond donors (Lipinski definition) is 11. The van der Waals surface area contributed by atoms with Crippen LogP contribution < -0.4 is 38.1 Å². The third-order valence-corrected chi connectivity index (χ3v) is 10.3. The number of nitrogens with two attached hydrogens (primary N) is 2. The van der Waals surface area contributed by atoms with Crippen molar-refractivity contribution < 1.29 is 68.4 Å². The number of aliphatic carboxylic acids is 4. The highest BCUT2D eigenvalue weighted by molar-refractivity contribution is 5.97. The van der Waals surface area contributed by atoms with E-state index in [1.165, 1.54) is 11.8 Å². The molecule has 1 saturated heterocycles. The smallest absolute Gasteiger partial charge is 0.317 e. The van der Waals surface area contributed by atoms with Crippen LogP contribution in [0.25, 0.3) is 21.8 Å². The lowest BCUT2D eigenvalue weighted by molar-refractivity contribution is -0.144. The number of nitrogens with zero attached hydrogens (tertiary/aromatic N) is 4. The number of carboxylic acid groups (broad SMARTS) is 4. The van der Waals surface area contributed by atoms with Gasteiger partial charge in [0, 0.05) is 41.8 Å². The molecule has 0 radical (unpaired) electrons. The molecule has 356 valence electrons. The van der Waals surface area contributed by atoms with Gasteiger partial charge in [0.15, 0.2) is 0 Å². The number of primary amides is 1. The van der Waals surface area contributed by atoms with E-state index in [-0.39, 0.29) is 45.4 Å². The Morgan fingerprint density at radius 2 is 1.26 bits per heavy atom. The number of nitrogens with one attached hydrogen (secondary N) is 5. The molecule has 2 heterocycles. The first-order valence-electron chi connectivity index (χ1n) is 20.6. The number of nitrogen functional groups attached to an aromatic ring is 1. The molecule has 1 aromatic heterocycles. The third-order valence-electron chi connectivity index (χ3n) is 10.3. The molecule has 1 aliphatic heterocycles. The lowest BCUT2D eigenvalue weighted by Crippen LogP contribution is -2.56. The number of carboxylic acids is 4. The molecule has 4 rings (SSSR count). The summed E-state index contributed by atoms with van der Waals surface area (Å²) in [5.41, 5.74) is 13.5. The molecule has 0 saturated carbocycles. The van der Waals surface area contributed by atoms with Crippen molar-refractivity contribution in [3.8, 4) is 0 Å². The summed E-state index contributed by atoms with van der Waals surface area (Å²) in [5.74, 6) is -10.3. The molecule has 1 fully saturated rings. The lowest BCUT2D eigenvalue weighted by atomic mass is 10.1. The number of carbonyl (C=O) groups is 10. The highest BCUT2D eigenvalue weighted by Gasteiger charge is 2.38. The summed E-state index contributed by atoms with van der Waals surface area (Å²) in [6.07, 6.45) is -0.136. The second kappa shape index (κ2) is 23.9. The molecule has 0 aliphatic carbocycles. The van der Waals surface area contributed by atoms with Crippen LogP contribution in [0.4, 0.5) is 11.4 Å². The van der Waals surface area contributed by atoms with Gasteiger partial charge >= 0.3 is 23.9 Å². The van der Waals surface area contributed by atoms with Crippen molar-refractivity contribution in [1.29, 1.82) is 0 Å². The van der Waals surface area contributed by atoms with Crippen LogP contribution in [0.15, 0.2) is 42.5 Å². The fraction of sp³-hybridized carbons (Fsp3) is 0.439. The molecule has 1 aliphatic rings. The van der Waals surface area contributed by atoms with Crippen molar-refractivity contribution in [2.75, 3.05) is 70.0 Å². The van der Waals surface area contributed by atoms with Crippen LogP contribution in [0.2, 0.25) is 0 Å². The van der Waals surface area contributed by atoms with Gasteiger partial charge < -0.3 is 63.4 Å². The minimum Gasteiger partial charge on any atom is -0.480 e. The standard InChI is InChI=1S/C41H53N11O14/c1-22(38(43)63)46-39(64)27(8-11-50(18-34(55)56)19-35(57)58)48-33(54)17-45-40(65)31-3-2-10-52(31)41(66)28(9-12-51(20-36(59)60)21-37(61)62)49-32(53)16-44-26-7-5-24-13-23-4-6-25(42)14-29(23)47-30(24)15-26/h4-7,13-15,22,27-28,31,44H,2-3,8-12,16-21,42H2,1H3,(H2,43,63)(H,45,65)(H,46,64)(H,48,54)(H,49,53)(H,55,56)(H,57,58)(H,59,60)(H,61,62)/t22-,27?,28?,31-/m0/s1. The van der Waals surface area contributed by atoms with Gasteiger partial charge in [0.2, 0.25) is 35.4 Å². The number of rotatable bonds is 26.